The average Bonchev–Trinajstić information content (AvgIpc) is 2.87. The number of esters is 2. The zero-order valence-corrected chi connectivity index (χ0v) is 15.9. The van der Waals surface area contributed by atoms with Crippen LogP contribution >= 0.6 is 11.3 Å². The summed E-state index contributed by atoms with van der Waals surface area (Å²) >= 11 is 0.958. The zero-order chi connectivity index (χ0) is 19.9. The van der Waals surface area contributed by atoms with Crippen molar-refractivity contribution in [3.05, 3.63) is 16.0 Å². The molecule has 0 atom stereocenters. The number of thiophene rings is 1. The molecule has 9 heteroatoms. The summed E-state index contributed by atoms with van der Waals surface area (Å²) in [5.74, 6) is -2.39. The Morgan fingerprint density at radius 3 is 2.23 bits per heavy atom. The molecule has 0 spiro atoms. The van der Waals surface area contributed by atoms with Crippen molar-refractivity contribution in [2.45, 2.75) is 40.5 Å². The third kappa shape index (κ3) is 6.07. The van der Waals surface area contributed by atoms with Crippen LogP contribution in [-0.4, -0.2) is 42.6 Å². The van der Waals surface area contributed by atoms with E-state index in [1.165, 1.54) is 13.8 Å². The van der Waals surface area contributed by atoms with E-state index >= 15 is 0 Å². The van der Waals surface area contributed by atoms with Crippen LogP contribution in [0.2, 0.25) is 0 Å². The maximum Gasteiger partial charge on any atom is 0.341 e. The van der Waals surface area contributed by atoms with Crippen LogP contribution in [0.5, 0.6) is 0 Å². The summed E-state index contributed by atoms with van der Waals surface area (Å²) in [5, 5.41) is 2.63. The number of hydrogen-bond acceptors (Lipinski definition) is 8. The van der Waals surface area contributed by atoms with E-state index in [-0.39, 0.29) is 41.6 Å². The second kappa shape index (κ2) is 9.81. The fraction of sp³-hybridized carbons (Fsp3) is 0.471. The highest BCUT2D eigenvalue weighted by Gasteiger charge is 2.25. The average molecular weight is 383 g/mol. The number of carbonyl (C=O) groups is 5. The molecule has 1 aromatic rings. The molecule has 1 heterocycles. The molecule has 1 amide bonds. The summed E-state index contributed by atoms with van der Waals surface area (Å²) in [5.41, 5.74) is 0.535. The van der Waals surface area contributed by atoms with E-state index in [4.69, 9.17) is 9.47 Å². The summed E-state index contributed by atoms with van der Waals surface area (Å²) in [4.78, 5) is 58.4. The molecule has 0 aliphatic heterocycles. The minimum absolute atomic E-state index is 0.0412. The lowest BCUT2D eigenvalue weighted by Crippen LogP contribution is -2.22. The van der Waals surface area contributed by atoms with E-state index in [0.717, 1.165) is 11.3 Å². The van der Waals surface area contributed by atoms with Crippen LogP contribution in [0.25, 0.3) is 0 Å². The van der Waals surface area contributed by atoms with Crippen LogP contribution in [0.4, 0.5) is 5.00 Å². The Kier molecular flexibility index (Phi) is 8.11. The van der Waals surface area contributed by atoms with Crippen LogP contribution in [0.1, 0.15) is 59.2 Å². The summed E-state index contributed by atoms with van der Waals surface area (Å²) in [6, 6.07) is 0. The molecule has 0 radical (unpaired) electrons. The molecule has 0 saturated carbocycles. The molecule has 1 rings (SSSR count). The third-order valence-corrected chi connectivity index (χ3v) is 4.55. The number of hydrogen-bond donors (Lipinski definition) is 1. The van der Waals surface area contributed by atoms with Gasteiger partial charge in [-0.2, -0.15) is 0 Å². The number of carbonyl (C=O) groups excluding carboxylic acids is 5. The summed E-state index contributed by atoms with van der Waals surface area (Å²) in [6.07, 6.45) is -0.0666. The number of amides is 1. The van der Waals surface area contributed by atoms with Crippen molar-refractivity contribution in [1.29, 1.82) is 0 Å². The molecule has 8 nitrogen and oxygen atoms in total. The van der Waals surface area contributed by atoms with Gasteiger partial charge in [0.05, 0.1) is 23.5 Å². The SMILES string of the molecule is CCOC(=O)c1c(NC(=O)COC(=O)CCC(C)=O)sc(C(C)=O)c1C. The molecule has 142 valence electrons. The van der Waals surface area contributed by atoms with Crippen molar-refractivity contribution in [3.63, 3.8) is 0 Å². The lowest BCUT2D eigenvalue weighted by molar-refractivity contribution is -0.148. The highest BCUT2D eigenvalue weighted by Crippen LogP contribution is 2.34. The van der Waals surface area contributed by atoms with Gasteiger partial charge in [0.25, 0.3) is 5.91 Å². The first-order chi connectivity index (χ1) is 12.2. The number of ketones is 2. The summed E-state index contributed by atoms with van der Waals surface area (Å²) in [6.45, 7) is 5.52. The monoisotopic (exact) mass is 383 g/mol. The summed E-state index contributed by atoms with van der Waals surface area (Å²) < 4.78 is 9.74. The van der Waals surface area contributed by atoms with E-state index in [2.05, 4.69) is 5.32 Å². The van der Waals surface area contributed by atoms with Gasteiger partial charge in [-0.15, -0.1) is 11.3 Å². The van der Waals surface area contributed by atoms with E-state index in [1.54, 1.807) is 13.8 Å². The molecule has 0 bridgehead atoms. The Morgan fingerprint density at radius 1 is 1.04 bits per heavy atom. The van der Waals surface area contributed by atoms with Gasteiger partial charge in [-0.05, 0) is 33.3 Å². The van der Waals surface area contributed by atoms with Crippen molar-refractivity contribution in [3.8, 4) is 0 Å². The van der Waals surface area contributed by atoms with Crippen LogP contribution in [0.3, 0.4) is 0 Å². The van der Waals surface area contributed by atoms with Crippen molar-refractivity contribution in [2.24, 2.45) is 0 Å². The number of nitrogens with one attached hydrogen (secondary N) is 1. The van der Waals surface area contributed by atoms with Gasteiger partial charge in [-0.25, -0.2) is 4.79 Å². The van der Waals surface area contributed by atoms with Gasteiger partial charge in [-0.1, -0.05) is 0 Å². The number of rotatable bonds is 9. The third-order valence-electron chi connectivity index (χ3n) is 3.24. The Hall–Kier alpha value is -2.55. The maximum atomic E-state index is 12.1. The van der Waals surface area contributed by atoms with Gasteiger partial charge in [0.1, 0.15) is 10.8 Å². The van der Waals surface area contributed by atoms with Crippen molar-refractivity contribution in [2.75, 3.05) is 18.5 Å². The van der Waals surface area contributed by atoms with Crippen LogP contribution in [-0.2, 0) is 23.9 Å². The smallest absolute Gasteiger partial charge is 0.341 e. The second-order valence-electron chi connectivity index (χ2n) is 5.45. The molecular weight excluding hydrogens is 362 g/mol. The van der Waals surface area contributed by atoms with Crippen molar-refractivity contribution >= 4 is 45.8 Å². The summed E-state index contributed by atoms with van der Waals surface area (Å²) in [7, 11) is 0. The molecule has 0 fully saturated rings. The fourth-order valence-electron chi connectivity index (χ4n) is 2.05. The van der Waals surface area contributed by atoms with E-state index < -0.39 is 24.5 Å². The second-order valence-corrected chi connectivity index (χ2v) is 6.47. The topological polar surface area (TPSA) is 116 Å². The normalized spacial score (nSPS) is 10.2. The number of Topliss-reactive ketones (excluding diaryl/α,β-unsaturated/α-hetero) is 2. The predicted molar refractivity (Wildman–Crippen MR) is 94.5 cm³/mol. The van der Waals surface area contributed by atoms with Gasteiger partial charge in [0.2, 0.25) is 0 Å². The van der Waals surface area contributed by atoms with Gasteiger partial charge in [0, 0.05) is 6.42 Å². The Bertz CT molecular complexity index is 736. The van der Waals surface area contributed by atoms with Gasteiger partial charge in [-0.3, -0.25) is 14.4 Å². The Morgan fingerprint density at radius 2 is 1.69 bits per heavy atom. The molecule has 0 aliphatic carbocycles. The highest BCUT2D eigenvalue weighted by molar-refractivity contribution is 7.18. The van der Waals surface area contributed by atoms with Crippen molar-refractivity contribution < 1.29 is 33.4 Å². The standard InChI is InChI=1S/C17H21NO7S/c1-5-24-17(23)14-10(3)15(11(4)20)26-16(14)18-12(21)8-25-13(22)7-6-9(2)19/h5-8H2,1-4H3,(H,18,21). The fourth-order valence-corrected chi connectivity index (χ4v) is 3.15. The quantitative estimate of drug-likeness (QED) is 0.514. The molecule has 26 heavy (non-hydrogen) atoms. The minimum Gasteiger partial charge on any atom is -0.462 e. The highest BCUT2D eigenvalue weighted by atomic mass is 32.1. The molecule has 0 saturated heterocycles. The number of ether oxygens (including phenoxy) is 2. The minimum atomic E-state index is -0.673. The van der Waals surface area contributed by atoms with Crippen molar-refractivity contribution in [1.82, 2.24) is 0 Å². The van der Waals surface area contributed by atoms with E-state index in [9.17, 15) is 24.0 Å². The zero-order valence-electron chi connectivity index (χ0n) is 15.1. The number of anilines is 1. The largest absolute Gasteiger partial charge is 0.462 e. The molecule has 1 aromatic heterocycles. The van der Waals surface area contributed by atoms with Gasteiger partial charge < -0.3 is 19.6 Å². The lowest BCUT2D eigenvalue weighted by atomic mass is 10.1. The van der Waals surface area contributed by atoms with Gasteiger partial charge in [0.15, 0.2) is 12.4 Å². The Labute approximate surface area is 154 Å². The molecular formula is C17H21NO7S. The molecule has 0 aliphatic rings. The van der Waals surface area contributed by atoms with E-state index in [0.29, 0.717) is 10.4 Å². The molecule has 0 unspecified atom stereocenters. The van der Waals surface area contributed by atoms with Crippen LogP contribution < -0.4 is 5.32 Å². The Balaban J connectivity index is 2.84. The lowest BCUT2D eigenvalue weighted by Gasteiger charge is -2.07. The molecule has 1 N–H and O–H groups in total. The first-order valence-electron chi connectivity index (χ1n) is 7.93. The van der Waals surface area contributed by atoms with Crippen LogP contribution in [0.15, 0.2) is 0 Å². The molecule has 0 aromatic carbocycles. The first kappa shape index (κ1) is 21.5. The first-order valence-corrected chi connectivity index (χ1v) is 8.75. The van der Waals surface area contributed by atoms with Gasteiger partial charge >= 0.3 is 11.9 Å². The van der Waals surface area contributed by atoms with E-state index in [1.807, 2.05) is 0 Å². The van der Waals surface area contributed by atoms with Crippen LogP contribution in [0, 0.1) is 6.92 Å². The predicted octanol–water partition coefficient (Wildman–Crippen LogP) is 2.29. The maximum absolute atomic E-state index is 12.1.